The quantitative estimate of drug-likeness (QED) is 0.150. The summed E-state index contributed by atoms with van der Waals surface area (Å²) < 4.78 is 11.3. The first kappa shape index (κ1) is 37.4. The third kappa shape index (κ3) is 6.86. The fourth-order valence-corrected chi connectivity index (χ4v) is 8.28. The Hall–Kier alpha value is -3.90. The molecule has 4 saturated heterocycles. The molecule has 4 heterocycles. The van der Waals surface area contributed by atoms with Crippen molar-refractivity contribution in [2.45, 2.75) is 105 Å². The molecule has 0 unspecified atom stereocenters. The third-order valence-corrected chi connectivity index (χ3v) is 11.3. The molecule has 2 aromatic rings. The van der Waals surface area contributed by atoms with E-state index < -0.39 is 79.1 Å². The van der Waals surface area contributed by atoms with Crippen molar-refractivity contribution in [2.24, 2.45) is 0 Å². The van der Waals surface area contributed by atoms with Gasteiger partial charge in [-0.25, -0.2) is 0 Å². The predicted octanol–water partition coefficient (Wildman–Crippen LogP) is -2.37. The summed E-state index contributed by atoms with van der Waals surface area (Å²) in [7, 11) is 0. The minimum atomic E-state index is -1.55. The monoisotopic (exact) mass is 732 g/mol. The molecule has 7 rings (SSSR count). The lowest BCUT2D eigenvalue weighted by Crippen LogP contribution is -2.58. The summed E-state index contributed by atoms with van der Waals surface area (Å²) in [4.78, 5) is 27.0. The zero-order valence-corrected chi connectivity index (χ0v) is 28.8. The zero-order valence-electron chi connectivity index (χ0n) is 28.8. The van der Waals surface area contributed by atoms with Gasteiger partial charge in [0.1, 0.15) is 61.0 Å². The van der Waals surface area contributed by atoms with Crippen LogP contribution in [0.3, 0.4) is 0 Å². The summed E-state index contributed by atoms with van der Waals surface area (Å²) >= 11 is 0. The lowest BCUT2D eigenvalue weighted by atomic mass is 9.70. The number of likely N-dealkylation sites (tertiary alicyclic amines) is 1. The number of nitrogens with one attached hydrogen (secondary N) is 1. The summed E-state index contributed by atoms with van der Waals surface area (Å²) in [6.07, 6.45) is -11.2. The van der Waals surface area contributed by atoms with Gasteiger partial charge < -0.3 is 60.5 Å². The molecule has 282 valence electrons. The van der Waals surface area contributed by atoms with E-state index in [2.05, 4.69) is 29.0 Å². The van der Waals surface area contributed by atoms with Gasteiger partial charge >= 0.3 is 0 Å². The molecule has 5 aliphatic rings. The Morgan fingerprint density at radius 2 is 1.30 bits per heavy atom. The van der Waals surface area contributed by atoms with Crippen molar-refractivity contribution in [2.75, 3.05) is 26.3 Å². The normalized spacial score (nSPS) is 34.3. The zero-order chi connectivity index (χ0) is 37.6. The van der Waals surface area contributed by atoms with Gasteiger partial charge in [0.25, 0.3) is 0 Å². The molecule has 4 aliphatic heterocycles. The Balaban J connectivity index is 1.21. The first-order valence-electron chi connectivity index (χ1n) is 18.0. The molecule has 0 aromatic heterocycles. The molecule has 9 N–H and O–H groups in total. The molecule has 4 fully saturated rings. The van der Waals surface area contributed by atoms with Crippen LogP contribution >= 0.6 is 0 Å². The number of aliphatic hydroxyl groups is 8. The molecule has 14 nitrogen and oxygen atoms in total. The van der Waals surface area contributed by atoms with Crippen molar-refractivity contribution in [3.8, 4) is 34.8 Å². The molecule has 14 heteroatoms. The number of benzene rings is 2. The number of fused-ring (bicyclic) bond motifs is 5. The molecule has 0 saturated carbocycles. The number of nitrogens with zero attached hydrogens (tertiary/aromatic N) is 1. The van der Waals surface area contributed by atoms with Crippen molar-refractivity contribution in [3.63, 3.8) is 0 Å². The minimum Gasteiger partial charge on any atom is -0.396 e. The molecule has 0 radical (unpaired) electrons. The lowest BCUT2D eigenvalue weighted by molar-refractivity contribution is -0.214. The lowest BCUT2D eigenvalue weighted by Gasteiger charge is -2.41. The Morgan fingerprint density at radius 1 is 0.774 bits per heavy atom. The van der Waals surface area contributed by atoms with E-state index >= 15 is 0 Å². The first-order valence-corrected chi connectivity index (χ1v) is 18.0. The van der Waals surface area contributed by atoms with Crippen molar-refractivity contribution >= 4 is 11.8 Å². The van der Waals surface area contributed by atoms with Crippen LogP contribution in [0.5, 0.6) is 0 Å². The van der Waals surface area contributed by atoms with Crippen molar-refractivity contribution in [1.29, 1.82) is 0 Å². The Kier molecular flexibility index (Phi) is 10.7. The molecular weight excluding hydrogens is 688 g/mol. The maximum absolute atomic E-state index is 13.4. The maximum Gasteiger partial charge on any atom is 0.245 e. The summed E-state index contributed by atoms with van der Waals surface area (Å²) in [5, 5.41) is 83.9. The highest BCUT2D eigenvalue weighted by atomic mass is 16.5. The number of hydrogen-bond acceptors (Lipinski definition) is 12. The average Bonchev–Trinajstić information content (AvgIpc) is 3.72. The van der Waals surface area contributed by atoms with E-state index in [9.17, 15) is 50.4 Å². The van der Waals surface area contributed by atoms with Crippen LogP contribution in [-0.2, 0) is 24.5 Å². The van der Waals surface area contributed by atoms with Crippen molar-refractivity contribution < 1.29 is 59.9 Å². The van der Waals surface area contributed by atoms with Gasteiger partial charge in [-0.2, -0.15) is 0 Å². The standard InChI is InChI=1S/C39H44N2O12/c42-16-11-29-34(47)36(49)32(45)27(52-29)8-3-20-1-5-22-23-6-2-21(4-9-28-33(46)37(50)35(48)30(19-43)53-28)18-25(23)39(24(22)17-20)12-14-41(15-13-39)38(51)26-7-10-31(44)40-26/h1-2,5-6,17-18,26-30,32-37,42-43,45-50H,7,10-16,19H2,(H,40,44)/t26-,27+,28+,29+,30+,32+,33+,34+,35+,36+,37+/m0/s1. The number of aliphatic hydroxyl groups excluding tert-OH is 8. The predicted molar refractivity (Wildman–Crippen MR) is 186 cm³/mol. The third-order valence-electron chi connectivity index (χ3n) is 11.3. The van der Waals surface area contributed by atoms with E-state index in [-0.39, 0.29) is 24.8 Å². The van der Waals surface area contributed by atoms with Crippen molar-refractivity contribution in [1.82, 2.24) is 10.2 Å². The molecule has 1 aliphatic carbocycles. The van der Waals surface area contributed by atoms with E-state index in [4.69, 9.17) is 9.47 Å². The van der Waals surface area contributed by atoms with Gasteiger partial charge in [-0.3, -0.25) is 9.59 Å². The number of carbonyl (C=O) groups is 2. The van der Waals surface area contributed by atoms with Crippen LogP contribution in [0, 0.1) is 23.7 Å². The average molecular weight is 733 g/mol. The number of piperidine rings is 1. The maximum atomic E-state index is 13.4. The van der Waals surface area contributed by atoms with Crippen LogP contribution in [0.1, 0.15) is 54.4 Å². The SMILES string of the molecule is O=C1CC[C@@H](C(=O)N2CCC3(CC2)c2cc(C#C[C@H]4O[C@H](CO)[C@@H](O)[C@H](O)[C@@H]4O)ccc2-c2ccc(C#C[C@H]4O[C@H](CCO)[C@@H](O)[C@H](O)[C@@H]4O)cc23)N1. The van der Waals surface area contributed by atoms with Crippen LogP contribution in [0.15, 0.2) is 36.4 Å². The smallest absolute Gasteiger partial charge is 0.245 e. The van der Waals surface area contributed by atoms with Gasteiger partial charge in [0.15, 0.2) is 0 Å². The summed E-state index contributed by atoms with van der Waals surface area (Å²) in [5.74, 6) is 11.6. The number of ether oxygens (including phenoxy) is 2. The Morgan fingerprint density at radius 3 is 1.79 bits per heavy atom. The fraction of sp³-hybridized carbons (Fsp3) is 0.538. The number of hydrogen-bond donors (Lipinski definition) is 9. The molecule has 2 aromatic carbocycles. The van der Waals surface area contributed by atoms with Gasteiger partial charge in [-0.1, -0.05) is 35.8 Å². The van der Waals surface area contributed by atoms with Crippen LogP contribution in [-0.4, -0.2) is 151 Å². The summed E-state index contributed by atoms with van der Waals surface area (Å²) in [6.45, 7) is 0.00745. The van der Waals surface area contributed by atoms with E-state index in [1.54, 1.807) is 4.90 Å². The van der Waals surface area contributed by atoms with Gasteiger partial charge in [-0.05, 0) is 72.2 Å². The van der Waals surface area contributed by atoms with E-state index in [1.165, 1.54) is 0 Å². The minimum absolute atomic E-state index is 0.0598. The second-order valence-electron chi connectivity index (χ2n) is 14.5. The number of amides is 2. The van der Waals surface area contributed by atoms with E-state index in [0.717, 1.165) is 22.3 Å². The summed E-state index contributed by atoms with van der Waals surface area (Å²) in [5.41, 5.74) is 4.55. The second-order valence-corrected chi connectivity index (χ2v) is 14.5. The highest BCUT2D eigenvalue weighted by molar-refractivity contribution is 5.91. The second kappa shape index (κ2) is 15.1. The largest absolute Gasteiger partial charge is 0.396 e. The number of rotatable bonds is 4. The molecule has 1 spiro atoms. The van der Waals surface area contributed by atoms with E-state index in [1.807, 2.05) is 36.4 Å². The van der Waals surface area contributed by atoms with Crippen LogP contribution in [0.25, 0.3) is 11.1 Å². The molecular formula is C39H44N2O12. The molecule has 2 amide bonds. The highest BCUT2D eigenvalue weighted by Crippen LogP contribution is 2.54. The topological polar surface area (TPSA) is 230 Å². The van der Waals surface area contributed by atoms with Crippen LogP contribution < -0.4 is 5.32 Å². The van der Waals surface area contributed by atoms with Crippen LogP contribution in [0.4, 0.5) is 0 Å². The highest BCUT2D eigenvalue weighted by Gasteiger charge is 2.48. The van der Waals surface area contributed by atoms with Crippen LogP contribution in [0.2, 0.25) is 0 Å². The number of carbonyl (C=O) groups excluding carboxylic acids is 2. The van der Waals surface area contributed by atoms with Gasteiger partial charge in [-0.15, -0.1) is 0 Å². The van der Waals surface area contributed by atoms with Gasteiger partial charge in [0, 0.05) is 42.7 Å². The van der Waals surface area contributed by atoms with Crippen molar-refractivity contribution in [3.05, 3.63) is 58.7 Å². The Bertz CT molecular complexity index is 1850. The fourth-order valence-electron chi connectivity index (χ4n) is 8.28. The van der Waals surface area contributed by atoms with E-state index in [0.29, 0.717) is 49.9 Å². The molecule has 53 heavy (non-hydrogen) atoms. The molecule has 0 bridgehead atoms. The summed E-state index contributed by atoms with van der Waals surface area (Å²) in [6, 6.07) is 11.0. The Labute approximate surface area is 306 Å². The van der Waals surface area contributed by atoms with Gasteiger partial charge in [0.2, 0.25) is 11.8 Å². The van der Waals surface area contributed by atoms with Gasteiger partial charge in [0.05, 0.1) is 12.7 Å². The molecule has 11 atom stereocenters. The first-order chi connectivity index (χ1) is 25.4.